The molecule has 0 amide bonds. The van der Waals surface area contributed by atoms with E-state index in [1.54, 1.807) is 32.0 Å². The molecule has 0 saturated carbocycles. The van der Waals surface area contributed by atoms with Crippen LogP contribution < -0.4 is 10.5 Å². The highest BCUT2D eigenvalue weighted by Crippen LogP contribution is 2.30. The molecule has 7 heteroatoms. The SMILES string of the molecule is Cc1cc(N)cc(C)c1S(=O)(=O)Nc1c(F)cccc1Br. The number of benzene rings is 2. The van der Waals surface area contributed by atoms with Crippen LogP contribution >= 0.6 is 15.9 Å². The van der Waals surface area contributed by atoms with E-state index < -0.39 is 15.8 Å². The Bertz CT molecular complexity index is 763. The van der Waals surface area contributed by atoms with Crippen molar-refractivity contribution in [3.63, 3.8) is 0 Å². The fraction of sp³-hybridized carbons (Fsp3) is 0.143. The molecule has 112 valence electrons. The number of sulfonamides is 1. The largest absolute Gasteiger partial charge is 0.399 e. The molecular formula is C14H14BrFN2O2S. The fourth-order valence-corrected chi connectivity index (χ4v) is 4.30. The summed E-state index contributed by atoms with van der Waals surface area (Å²) in [5, 5.41) is 0. The summed E-state index contributed by atoms with van der Waals surface area (Å²) in [5.74, 6) is -0.654. The molecule has 3 N–H and O–H groups in total. The molecule has 2 aromatic rings. The molecule has 0 unspecified atom stereocenters. The van der Waals surface area contributed by atoms with Gasteiger partial charge in [0, 0.05) is 10.2 Å². The standard InChI is InChI=1S/C14H14BrFN2O2S/c1-8-6-10(17)7-9(2)14(8)21(19,20)18-13-11(15)4-3-5-12(13)16/h3-7,18H,17H2,1-2H3. The van der Waals surface area contributed by atoms with Crippen LogP contribution in [-0.2, 0) is 10.0 Å². The van der Waals surface area contributed by atoms with Crippen LogP contribution in [0.5, 0.6) is 0 Å². The van der Waals surface area contributed by atoms with Crippen LogP contribution in [0.25, 0.3) is 0 Å². The number of halogens is 2. The molecule has 0 aromatic heterocycles. The predicted octanol–water partition coefficient (Wildman–Crippen LogP) is 3.59. The van der Waals surface area contributed by atoms with Crippen LogP contribution in [0.4, 0.5) is 15.8 Å². The van der Waals surface area contributed by atoms with Crippen LogP contribution in [0.2, 0.25) is 0 Å². The molecule has 0 aliphatic carbocycles. The molecule has 0 saturated heterocycles. The maximum atomic E-state index is 13.8. The molecule has 0 heterocycles. The van der Waals surface area contributed by atoms with Gasteiger partial charge in [-0.15, -0.1) is 0 Å². The highest BCUT2D eigenvalue weighted by atomic mass is 79.9. The van der Waals surface area contributed by atoms with Crippen molar-refractivity contribution < 1.29 is 12.8 Å². The van der Waals surface area contributed by atoms with Gasteiger partial charge in [0.2, 0.25) is 0 Å². The maximum absolute atomic E-state index is 13.8. The lowest BCUT2D eigenvalue weighted by atomic mass is 10.1. The normalized spacial score (nSPS) is 11.4. The van der Waals surface area contributed by atoms with Crippen molar-refractivity contribution in [2.45, 2.75) is 18.7 Å². The summed E-state index contributed by atoms with van der Waals surface area (Å²) in [6.45, 7) is 3.29. The van der Waals surface area contributed by atoms with Crippen molar-refractivity contribution in [2.24, 2.45) is 0 Å². The number of aryl methyl sites for hydroxylation is 2. The molecule has 2 rings (SSSR count). The lowest BCUT2D eigenvalue weighted by Gasteiger charge is -2.15. The predicted molar refractivity (Wildman–Crippen MR) is 85.2 cm³/mol. The van der Waals surface area contributed by atoms with E-state index in [-0.39, 0.29) is 10.6 Å². The topological polar surface area (TPSA) is 72.2 Å². The molecule has 0 atom stereocenters. The first-order valence-electron chi connectivity index (χ1n) is 6.06. The molecule has 4 nitrogen and oxygen atoms in total. The summed E-state index contributed by atoms with van der Waals surface area (Å²) in [7, 11) is -3.91. The Balaban J connectivity index is 2.54. The quantitative estimate of drug-likeness (QED) is 0.808. The second-order valence-corrected chi connectivity index (χ2v) is 7.16. The van der Waals surface area contributed by atoms with Gasteiger partial charge in [0.25, 0.3) is 10.0 Å². The third-order valence-corrected chi connectivity index (χ3v) is 5.27. The molecule has 0 bridgehead atoms. The Morgan fingerprint density at radius 3 is 2.29 bits per heavy atom. The van der Waals surface area contributed by atoms with E-state index in [4.69, 9.17) is 5.73 Å². The number of rotatable bonds is 3. The van der Waals surface area contributed by atoms with Crippen molar-refractivity contribution in [1.29, 1.82) is 0 Å². The Morgan fingerprint density at radius 1 is 1.19 bits per heavy atom. The third-order valence-electron chi connectivity index (χ3n) is 2.95. The van der Waals surface area contributed by atoms with Gasteiger partial charge in [0.1, 0.15) is 5.82 Å². The number of nitrogens with one attached hydrogen (secondary N) is 1. The van der Waals surface area contributed by atoms with Crippen LogP contribution in [0.3, 0.4) is 0 Å². The fourth-order valence-electron chi connectivity index (χ4n) is 2.19. The van der Waals surface area contributed by atoms with E-state index in [0.717, 1.165) is 0 Å². The lowest BCUT2D eigenvalue weighted by Crippen LogP contribution is -2.17. The van der Waals surface area contributed by atoms with Crippen molar-refractivity contribution >= 4 is 37.3 Å². The Kier molecular flexibility index (Phi) is 4.25. The van der Waals surface area contributed by atoms with Crippen LogP contribution in [0.15, 0.2) is 39.7 Å². The number of nitrogens with two attached hydrogens (primary N) is 1. The van der Waals surface area contributed by atoms with Crippen molar-refractivity contribution in [1.82, 2.24) is 0 Å². The van der Waals surface area contributed by atoms with Gasteiger partial charge < -0.3 is 5.73 Å². The van der Waals surface area contributed by atoms with E-state index in [2.05, 4.69) is 20.7 Å². The summed E-state index contributed by atoms with van der Waals surface area (Å²) < 4.78 is 41.4. The van der Waals surface area contributed by atoms with E-state index >= 15 is 0 Å². The summed E-state index contributed by atoms with van der Waals surface area (Å²) in [5.41, 5.74) is 7.07. The van der Waals surface area contributed by atoms with Gasteiger partial charge in [-0.25, -0.2) is 12.8 Å². The number of anilines is 2. The summed E-state index contributed by atoms with van der Waals surface area (Å²) >= 11 is 3.13. The first-order valence-corrected chi connectivity index (χ1v) is 8.33. The average molecular weight is 373 g/mol. The summed E-state index contributed by atoms with van der Waals surface area (Å²) in [6, 6.07) is 7.36. The van der Waals surface area contributed by atoms with Gasteiger partial charge in [-0.2, -0.15) is 0 Å². The minimum Gasteiger partial charge on any atom is -0.399 e. The average Bonchev–Trinajstić information content (AvgIpc) is 2.32. The highest BCUT2D eigenvalue weighted by molar-refractivity contribution is 9.10. The van der Waals surface area contributed by atoms with Crippen molar-refractivity contribution in [2.75, 3.05) is 10.5 Å². The number of para-hydroxylation sites is 1. The van der Waals surface area contributed by atoms with Gasteiger partial charge >= 0.3 is 0 Å². The Labute approximate surface area is 131 Å². The van der Waals surface area contributed by atoms with Gasteiger partial charge in [0.05, 0.1) is 10.6 Å². The second kappa shape index (κ2) is 5.65. The third kappa shape index (κ3) is 3.19. The van der Waals surface area contributed by atoms with Crippen molar-refractivity contribution in [3.05, 3.63) is 51.7 Å². The molecule has 0 radical (unpaired) electrons. The monoisotopic (exact) mass is 372 g/mol. The number of nitrogen functional groups attached to an aromatic ring is 1. The van der Waals surface area contributed by atoms with Crippen molar-refractivity contribution in [3.8, 4) is 0 Å². The van der Waals surface area contributed by atoms with E-state index in [1.807, 2.05) is 0 Å². The lowest BCUT2D eigenvalue weighted by molar-refractivity contribution is 0.597. The van der Waals surface area contributed by atoms with E-state index in [1.165, 1.54) is 12.1 Å². The van der Waals surface area contributed by atoms with Gasteiger partial charge in [0.15, 0.2) is 0 Å². The number of hydrogen-bond donors (Lipinski definition) is 2. The number of hydrogen-bond acceptors (Lipinski definition) is 3. The molecule has 2 aromatic carbocycles. The minimum absolute atomic E-state index is 0.104. The first-order chi connectivity index (χ1) is 9.72. The first kappa shape index (κ1) is 15.8. The van der Waals surface area contributed by atoms with E-state index in [0.29, 0.717) is 21.3 Å². The molecule has 0 spiro atoms. The summed E-state index contributed by atoms with van der Waals surface area (Å²) in [4.78, 5) is 0.104. The van der Waals surface area contributed by atoms with Gasteiger partial charge in [-0.3, -0.25) is 4.72 Å². The maximum Gasteiger partial charge on any atom is 0.262 e. The second-order valence-electron chi connectivity index (χ2n) is 4.69. The van der Waals surface area contributed by atoms with Gasteiger partial charge in [-0.1, -0.05) is 6.07 Å². The molecular weight excluding hydrogens is 359 g/mol. The van der Waals surface area contributed by atoms with Crippen LogP contribution in [0, 0.1) is 19.7 Å². The minimum atomic E-state index is -3.91. The Morgan fingerprint density at radius 2 is 1.76 bits per heavy atom. The van der Waals surface area contributed by atoms with E-state index in [9.17, 15) is 12.8 Å². The van der Waals surface area contributed by atoms with Crippen LogP contribution in [-0.4, -0.2) is 8.42 Å². The molecule has 0 aliphatic rings. The van der Waals surface area contributed by atoms with Gasteiger partial charge in [-0.05, 0) is 65.2 Å². The smallest absolute Gasteiger partial charge is 0.262 e. The molecule has 0 aliphatic heterocycles. The zero-order valence-corrected chi connectivity index (χ0v) is 13.8. The molecule has 0 fully saturated rings. The molecule has 21 heavy (non-hydrogen) atoms. The van der Waals surface area contributed by atoms with Crippen LogP contribution in [0.1, 0.15) is 11.1 Å². The Hall–Kier alpha value is -1.60. The zero-order chi connectivity index (χ0) is 15.8. The highest BCUT2D eigenvalue weighted by Gasteiger charge is 2.22. The summed E-state index contributed by atoms with van der Waals surface area (Å²) in [6.07, 6.45) is 0. The zero-order valence-electron chi connectivity index (χ0n) is 11.4.